The lowest BCUT2D eigenvalue weighted by atomic mass is 9.80. The highest BCUT2D eigenvalue weighted by atomic mass is 35.5. The Morgan fingerprint density at radius 3 is 2.41 bits per heavy atom. The number of rotatable bonds is 7. The van der Waals surface area contributed by atoms with Gasteiger partial charge in [0.1, 0.15) is 17.1 Å². The molecule has 39 heavy (non-hydrogen) atoms. The second kappa shape index (κ2) is 10.7. The molecule has 3 aromatic heterocycles. The highest BCUT2D eigenvalue weighted by Gasteiger charge is 2.50. The number of aryl methyl sites for hydroxylation is 1. The number of imidazole rings is 1. The van der Waals surface area contributed by atoms with Crippen LogP contribution in [-0.2, 0) is 28.5 Å². The van der Waals surface area contributed by atoms with Gasteiger partial charge in [-0.15, -0.1) is 12.6 Å². The molecule has 0 saturated heterocycles. The summed E-state index contributed by atoms with van der Waals surface area (Å²) in [4.78, 5) is 31.0. The van der Waals surface area contributed by atoms with E-state index in [1.807, 2.05) is 57.5 Å². The maximum absolute atomic E-state index is 13.1. The van der Waals surface area contributed by atoms with Gasteiger partial charge in [-0.2, -0.15) is 12.6 Å². The summed E-state index contributed by atoms with van der Waals surface area (Å²) in [5.41, 5.74) is 5.62. The summed E-state index contributed by atoms with van der Waals surface area (Å²) in [5, 5.41) is 0.647. The van der Waals surface area contributed by atoms with Crippen molar-refractivity contribution < 1.29 is 26.5 Å². The van der Waals surface area contributed by atoms with Gasteiger partial charge in [-0.25, -0.2) is 19.5 Å². The van der Waals surface area contributed by atoms with Crippen molar-refractivity contribution in [3.8, 4) is 11.7 Å². The summed E-state index contributed by atoms with van der Waals surface area (Å²) in [6, 6.07) is 8.00. The molecule has 7 nitrogen and oxygen atoms in total. The van der Waals surface area contributed by atoms with Crippen molar-refractivity contribution in [3.63, 3.8) is 0 Å². The number of ether oxygens (including phenoxy) is 1. The first-order valence-corrected chi connectivity index (χ1v) is 13.9. The number of fused-ring (bicyclic) bond motifs is 2. The zero-order valence-electron chi connectivity index (χ0n) is 23.1. The summed E-state index contributed by atoms with van der Waals surface area (Å²) in [6.07, 6.45) is 4.20. The van der Waals surface area contributed by atoms with Crippen molar-refractivity contribution in [3.05, 3.63) is 64.4 Å². The maximum Gasteiger partial charge on any atom is 0.402 e. The number of Topliss-reactive ketones (excluding diaryl/α,β-unsaturated/α-hetero) is 1. The lowest BCUT2D eigenvalue weighted by Crippen LogP contribution is -3.00. The third-order valence-electron chi connectivity index (χ3n) is 7.74. The van der Waals surface area contributed by atoms with E-state index in [1.54, 1.807) is 7.11 Å². The summed E-state index contributed by atoms with van der Waals surface area (Å²) in [6.45, 7) is 10.0. The molecule has 0 saturated carbocycles. The molecule has 0 unspecified atom stereocenters. The maximum atomic E-state index is 13.1. The molecule has 4 aromatic rings. The lowest BCUT2D eigenvalue weighted by molar-refractivity contribution is -0.611. The van der Waals surface area contributed by atoms with Gasteiger partial charge in [-0.1, -0.05) is 4.98 Å². The first kappa shape index (κ1) is 29.4. The van der Waals surface area contributed by atoms with E-state index in [4.69, 9.17) is 14.7 Å². The van der Waals surface area contributed by atoms with Gasteiger partial charge in [0, 0.05) is 28.2 Å². The van der Waals surface area contributed by atoms with Crippen LogP contribution in [0.1, 0.15) is 68.0 Å². The van der Waals surface area contributed by atoms with Crippen LogP contribution < -0.4 is 21.7 Å². The highest BCUT2D eigenvalue weighted by molar-refractivity contribution is 7.80. The average molecular weight is 584 g/mol. The average Bonchev–Trinajstić information content (AvgIpc) is 3.34. The first-order chi connectivity index (χ1) is 18.0. The van der Waals surface area contributed by atoms with E-state index < -0.39 is 10.8 Å². The Kier molecular flexibility index (Phi) is 8.09. The molecule has 0 spiro atoms. The molecule has 0 fully saturated rings. The highest BCUT2D eigenvalue weighted by Crippen LogP contribution is 2.47. The van der Waals surface area contributed by atoms with Crippen molar-refractivity contribution in [2.75, 3.05) is 12.9 Å². The van der Waals surface area contributed by atoms with Gasteiger partial charge in [0.2, 0.25) is 0 Å². The number of benzene rings is 1. The summed E-state index contributed by atoms with van der Waals surface area (Å²) in [7, 11) is 1.67. The van der Waals surface area contributed by atoms with E-state index in [-0.39, 0.29) is 18.2 Å². The Balaban J connectivity index is 0.00000353. The number of nitrogens with one attached hydrogen (secondary N) is 1. The molecule has 0 aliphatic heterocycles. The van der Waals surface area contributed by atoms with E-state index in [2.05, 4.69) is 47.4 Å². The molecule has 0 atom stereocenters. The Morgan fingerprint density at radius 2 is 1.74 bits per heavy atom. The number of pyridine rings is 1. The van der Waals surface area contributed by atoms with Crippen LogP contribution in [0, 0.1) is 6.92 Å². The Labute approximate surface area is 246 Å². The van der Waals surface area contributed by atoms with E-state index in [9.17, 15) is 4.79 Å². The number of ketones is 1. The fraction of sp³-hybridized carbons (Fsp3) is 0.414. The minimum Gasteiger partial charge on any atom is -1.00 e. The molecule has 0 radical (unpaired) electrons. The van der Waals surface area contributed by atoms with Gasteiger partial charge < -0.3 is 17.1 Å². The number of thiol groups is 2. The van der Waals surface area contributed by atoms with E-state index in [0.29, 0.717) is 23.2 Å². The molecule has 3 heterocycles. The topological polar surface area (TPSA) is 84.6 Å². The SMILES string of the molecule is COc1cc[n+](-c2nc3cc4c(cc3[nH]2)C(C)(C)C(=O)C4(C)C)c(Cc2nc(S)cc(CCCS)n2)c1C.[Cl-]. The summed E-state index contributed by atoms with van der Waals surface area (Å²) >= 11 is 8.86. The van der Waals surface area contributed by atoms with Gasteiger partial charge in [0.05, 0.1) is 30.4 Å². The molecule has 1 aliphatic carbocycles. The molecule has 1 aromatic carbocycles. The molecule has 1 N–H and O–H groups in total. The minimum atomic E-state index is -0.555. The van der Waals surface area contributed by atoms with Crippen LogP contribution in [0.3, 0.4) is 0 Å². The first-order valence-electron chi connectivity index (χ1n) is 12.8. The van der Waals surface area contributed by atoms with E-state index in [0.717, 1.165) is 63.5 Å². The third-order valence-corrected chi connectivity index (χ3v) is 8.28. The van der Waals surface area contributed by atoms with Crippen LogP contribution in [0.15, 0.2) is 35.5 Å². The molecule has 0 bridgehead atoms. The summed E-state index contributed by atoms with van der Waals surface area (Å²) in [5.74, 6) is 3.19. The second-order valence-electron chi connectivity index (χ2n) is 11.0. The van der Waals surface area contributed by atoms with Crippen molar-refractivity contribution in [2.24, 2.45) is 0 Å². The second-order valence-corrected chi connectivity index (χ2v) is 11.9. The van der Waals surface area contributed by atoms with Gasteiger partial charge in [-0.05, 0) is 82.5 Å². The number of aromatic amines is 1. The molecule has 5 rings (SSSR count). The van der Waals surface area contributed by atoms with Gasteiger partial charge in [0.25, 0.3) is 0 Å². The monoisotopic (exact) mass is 583 g/mol. The van der Waals surface area contributed by atoms with Crippen molar-refractivity contribution in [1.29, 1.82) is 0 Å². The molecule has 10 heteroatoms. The Hall–Kier alpha value is -2.62. The van der Waals surface area contributed by atoms with E-state index in [1.165, 1.54) is 0 Å². The van der Waals surface area contributed by atoms with Gasteiger partial charge >= 0.3 is 5.95 Å². The fourth-order valence-electron chi connectivity index (χ4n) is 5.69. The van der Waals surface area contributed by atoms with Crippen LogP contribution in [0.25, 0.3) is 17.0 Å². The number of carbonyl (C=O) groups excluding carboxylic acids is 1. The summed E-state index contributed by atoms with van der Waals surface area (Å²) < 4.78 is 7.68. The smallest absolute Gasteiger partial charge is 0.402 e. The number of halogens is 1. The quantitative estimate of drug-likeness (QED) is 0.176. The van der Waals surface area contributed by atoms with Crippen molar-refractivity contribution in [1.82, 2.24) is 19.9 Å². The number of hydrogen-bond acceptors (Lipinski definition) is 7. The number of carbonyl (C=O) groups is 1. The molecule has 206 valence electrons. The van der Waals surface area contributed by atoms with E-state index >= 15 is 0 Å². The number of hydrogen-bond donors (Lipinski definition) is 3. The number of methoxy groups -OCH3 is 1. The molecule has 0 amide bonds. The number of nitrogens with zero attached hydrogens (tertiary/aromatic N) is 4. The molecular formula is C29H34ClN5O2S2. The standard InChI is InChI=1S/C29H33N5O2S2.ClH/c1-16-22(15-24-30-17(8-7-11-37)12-25(38)33-24)34(10-9-23(16)36-6)27-31-20-13-18-19(14-21(20)32-27)29(4,5)26(35)28(18,2)3;/h9-10,12-14H,7-8,11,15H2,1-6H3,(H2-,30,31,32,33,37,38);1H. The van der Waals surface area contributed by atoms with Gasteiger partial charge in [0.15, 0.2) is 11.3 Å². The Morgan fingerprint density at radius 1 is 1.05 bits per heavy atom. The van der Waals surface area contributed by atoms with Crippen LogP contribution in [0.4, 0.5) is 0 Å². The Bertz CT molecular complexity index is 1530. The fourth-order valence-corrected chi connectivity index (χ4v) is 6.11. The minimum absolute atomic E-state index is 0. The van der Waals surface area contributed by atoms with Crippen molar-refractivity contribution in [2.45, 2.75) is 69.7 Å². The molecule has 1 aliphatic rings. The normalized spacial score (nSPS) is 15.3. The third kappa shape index (κ3) is 5.05. The zero-order chi connectivity index (χ0) is 27.4. The zero-order valence-corrected chi connectivity index (χ0v) is 25.6. The number of aromatic nitrogens is 5. The lowest BCUT2D eigenvalue weighted by Gasteiger charge is -2.21. The predicted molar refractivity (Wildman–Crippen MR) is 154 cm³/mol. The van der Waals surface area contributed by atoms with Crippen LogP contribution in [-0.4, -0.2) is 38.6 Å². The van der Waals surface area contributed by atoms with Crippen LogP contribution >= 0.6 is 25.3 Å². The largest absolute Gasteiger partial charge is 1.00 e. The molecular weight excluding hydrogens is 550 g/mol. The predicted octanol–water partition coefficient (Wildman–Crippen LogP) is 1.83. The van der Waals surface area contributed by atoms with Crippen LogP contribution in [0.5, 0.6) is 5.75 Å². The van der Waals surface area contributed by atoms with Gasteiger partial charge in [-0.3, -0.25) is 4.79 Å². The number of H-pyrrole nitrogens is 1. The van der Waals surface area contributed by atoms with Crippen molar-refractivity contribution >= 4 is 42.1 Å². The van der Waals surface area contributed by atoms with Crippen LogP contribution in [0.2, 0.25) is 0 Å².